The topological polar surface area (TPSA) is 52.6 Å². The summed E-state index contributed by atoms with van der Waals surface area (Å²) in [7, 11) is 2.23. The molecule has 110 valence electrons. The van der Waals surface area contributed by atoms with Gasteiger partial charge in [-0.25, -0.2) is 0 Å². The quantitative estimate of drug-likeness (QED) is 0.775. The summed E-state index contributed by atoms with van der Waals surface area (Å²) < 4.78 is 0. The van der Waals surface area contributed by atoms with Crippen LogP contribution in [0, 0.1) is 0 Å². The first-order chi connectivity index (χ1) is 9.11. The van der Waals surface area contributed by atoms with Gasteiger partial charge < -0.3 is 15.3 Å². The SMILES string of the molecule is CCCCC(NC1CC2CCCC(C1)N2C)C(=O)O. The zero-order valence-electron chi connectivity index (χ0n) is 12.3. The minimum absolute atomic E-state index is 0.353. The number of nitrogens with zero attached hydrogens (tertiary/aromatic N) is 1. The number of nitrogens with one attached hydrogen (secondary N) is 1. The van der Waals surface area contributed by atoms with Gasteiger partial charge in [0.25, 0.3) is 0 Å². The van der Waals surface area contributed by atoms with Gasteiger partial charge in [0.05, 0.1) is 0 Å². The van der Waals surface area contributed by atoms with E-state index in [4.69, 9.17) is 0 Å². The second kappa shape index (κ2) is 6.71. The zero-order chi connectivity index (χ0) is 13.8. The maximum Gasteiger partial charge on any atom is 0.320 e. The molecule has 0 spiro atoms. The molecular weight excluding hydrogens is 240 g/mol. The lowest BCUT2D eigenvalue weighted by atomic mass is 9.82. The number of carboxylic acids is 1. The van der Waals surface area contributed by atoms with Crippen molar-refractivity contribution in [2.75, 3.05) is 7.05 Å². The molecule has 2 bridgehead atoms. The zero-order valence-corrected chi connectivity index (χ0v) is 12.3. The van der Waals surface area contributed by atoms with Crippen molar-refractivity contribution in [3.63, 3.8) is 0 Å². The van der Waals surface area contributed by atoms with Gasteiger partial charge in [-0.1, -0.05) is 26.2 Å². The fourth-order valence-corrected chi connectivity index (χ4v) is 3.72. The third kappa shape index (κ3) is 3.69. The van der Waals surface area contributed by atoms with E-state index in [-0.39, 0.29) is 6.04 Å². The minimum atomic E-state index is -0.683. The Bertz CT molecular complexity index is 295. The molecule has 3 unspecified atom stereocenters. The number of carboxylic acid groups (broad SMARTS) is 1. The third-order valence-corrected chi connectivity index (χ3v) is 4.92. The highest BCUT2D eigenvalue weighted by molar-refractivity contribution is 5.73. The van der Waals surface area contributed by atoms with Gasteiger partial charge in [-0.3, -0.25) is 4.79 Å². The summed E-state index contributed by atoms with van der Waals surface area (Å²) in [5.41, 5.74) is 0. The fraction of sp³-hybridized carbons (Fsp3) is 0.933. The van der Waals surface area contributed by atoms with Crippen LogP contribution in [-0.2, 0) is 4.79 Å². The van der Waals surface area contributed by atoms with Crippen LogP contribution in [0.3, 0.4) is 0 Å². The number of fused-ring (bicyclic) bond motifs is 2. The summed E-state index contributed by atoms with van der Waals surface area (Å²) in [6, 6.07) is 1.36. The molecule has 4 heteroatoms. The standard InChI is InChI=1S/C15H28N2O2/c1-3-4-8-14(15(18)19)16-11-9-12-6-5-7-13(10-11)17(12)2/h11-14,16H,3-10H2,1-2H3,(H,18,19). The lowest BCUT2D eigenvalue weighted by Gasteiger charge is -2.47. The van der Waals surface area contributed by atoms with Gasteiger partial charge in [-0.05, 0) is 39.2 Å². The predicted molar refractivity (Wildman–Crippen MR) is 76.3 cm³/mol. The number of piperidine rings is 2. The Kier molecular flexibility index (Phi) is 5.22. The van der Waals surface area contributed by atoms with E-state index >= 15 is 0 Å². The minimum Gasteiger partial charge on any atom is -0.480 e. The van der Waals surface area contributed by atoms with Crippen LogP contribution in [0.4, 0.5) is 0 Å². The molecule has 2 aliphatic heterocycles. The molecule has 0 saturated carbocycles. The Hall–Kier alpha value is -0.610. The molecule has 2 saturated heterocycles. The lowest BCUT2D eigenvalue weighted by Crippen LogP contribution is -2.56. The second-order valence-corrected chi connectivity index (χ2v) is 6.27. The molecule has 4 nitrogen and oxygen atoms in total. The monoisotopic (exact) mass is 268 g/mol. The maximum absolute atomic E-state index is 11.3. The molecule has 0 aliphatic carbocycles. The molecule has 19 heavy (non-hydrogen) atoms. The van der Waals surface area contributed by atoms with E-state index in [2.05, 4.69) is 24.2 Å². The van der Waals surface area contributed by atoms with Crippen molar-refractivity contribution in [2.45, 2.75) is 82.5 Å². The predicted octanol–water partition coefficient (Wildman–Crippen LogP) is 2.23. The summed E-state index contributed by atoms with van der Waals surface area (Å²) in [6.45, 7) is 2.11. The average molecular weight is 268 g/mol. The van der Waals surface area contributed by atoms with Crippen molar-refractivity contribution in [2.24, 2.45) is 0 Å². The summed E-state index contributed by atoms with van der Waals surface area (Å²) in [5, 5.41) is 12.7. The van der Waals surface area contributed by atoms with Gasteiger partial charge in [0.1, 0.15) is 6.04 Å². The summed E-state index contributed by atoms with van der Waals surface area (Å²) >= 11 is 0. The maximum atomic E-state index is 11.3. The van der Waals surface area contributed by atoms with Crippen molar-refractivity contribution >= 4 is 5.97 Å². The van der Waals surface area contributed by atoms with Gasteiger partial charge in [0, 0.05) is 18.1 Å². The van der Waals surface area contributed by atoms with Gasteiger partial charge >= 0.3 is 5.97 Å². The lowest BCUT2D eigenvalue weighted by molar-refractivity contribution is -0.140. The van der Waals surface area contributed by atoms with Crippen LogP contribution in [0.1, 0.15) is 58.3 Å². The highest BCUT2D eigenvalue weighted by atomic mass is 16.4. The van der Waals surface area contributed by atoms with Crippen LogP contribution in [0.2, 0.25) is 0 Å². The largest absolute Gasteiger partial charge is 0.480 e. The average Bonchev–Trinajstić information content (AvgIpc) is 2.35. The van der Waals surface area contributed by atoms with E-state index in [0.29, 0.717) is 18.1 Å². The molecule has 0 aromatic carbocycles. The van der Waals surface area contributed by atoms with E-state index < -0.39 is 5.97 Å². The van der Waals surface area contributed by atoms with Crippen molar-refractivity contribution < 1.29 is 9.90 Å². The molecule has 2 rings (SSSR count). The van der Waals surface area contributed by atoms with Crippen molar-refractivity contribution in [1.29, 1.82) is 0 Å². The van der Waals surface area contributed by atoms with Crippen LogP contribution in [0.25, 0.3) is 0 Å². The highest BCUT2D eigenvalue weighted by Crippen LogP contribution is 2.32. The van der Waals surface area contributed by atoms with E-state index in [1.54, 1.807) is 0 Å². The normalized spacial score (nSPS) is 33.1. The van der Waals surface area contributed by atoms with Crippen molar-refractivity contribution in [1.82, 2.24) is 10.2 Å². The fourth-order valence-electron chi connectivity index (χ4n) is 3.72. The van der Waals surface area contributed by atoms with Crippen LogP contribution >= 0.6 is 0 Å². The second-order valence-electron chi connectivity index (χ2n) is 6.27. The Morgan fingerprint density at radius 3 is 2.53 bits per heavy atom. The first kappa shape index (κ1) is 14.8. The van der Waals surface area contributed by atoms with E-state index in [1.807, 2.05) is 0 Å². The van der Waals surface area contributed by atoms with Crippen LogP contribution in [0.15, 0.2) is 0 Å². The van der Waals surface area contributed by atoms with Gasteiger partial charge in [0.15, 0.2) is 0 Å². The molecule has 0 radical (unpaired) electrons. The third-order valence-electron chi connectivity index (χ3n) is 4.92. The molecule has 2 fully saturated rings. The summed E-state index contributed by atoms with van der Waals surface area (Å²) in [5.74, 6) is -0.683. The molecule has 3 atom stereocenters. The number of hydrogen-bond donors (Lipinski definition) is 2. The number of unbranched alkanes of at least 4 members (excludes halogenated alkanes) is 1. The molecule has 2 aliphatic rings. The Balaban J connectivity index is 1.89. The van der Waals surface area contributed by atoms with Crippen LogP contribution in [-0.4, -0.2) is 47.2 Å². The first-order valence-corrected chi connectivity index (χ1v) is 7.82. The summed E-state index contributed by atoms with van der Waals surface area (Å²) in [6.07, 6.45) is 8.92. The molecule has 0 amide bonds. The Morgan fingerprint density at radius 1 is 1.37 bits per heavy atom. The van der Waals surface area contributed by atoms with E-state index in [1.165, 1.54) is 19.3 Å². The first-order valence-electron chi connectivity index (χ1n) is 7.82. The molecule has 2 heterocycles. The smallest absolute Gasteiger partial charge is 0.320 e. The Labute approximate surface area is 116 Å². The van der Waals surface area contributed by atoms with E-state index in [9.17, 15) is 9.90 Å². The number of rotatable bonds is 6. The number of hydrogen-bond acceptors (Lipinski definition) is 3. The van der Waals surface area contributed by atoms with Gasteiger partial charge in [-0.2, -0.15) is 0 Å². The molecule has 2 N–H and O–H groups in total. The Morgan fingerprint density at radius 2 is 2.00 bits per heavy atom. The summed E-state index contributed by atoms with van der Waals surface area (Å²) in [4.78, 5) is 13.8. The van der Waals surface area contributed by atoms with Crippen LogP contribution < -0.4 is 5.32 Å². The number of carbonyl (C=O) groups is 1. The molecular formula is C15H28N2O2. The van der Waals surface area contributed by atoms with Gasteiger partial charge in [0.2, 0.25) is 0 Å². The van der Waals surface area contributed by atoms with Crippen LogP contribution in [0.5, 0.6) is 0 Å². The van der Waals surface area contributed by atoms with Crippen molar-refractivity contribution in [3.8, 4) is 0 Å². The molecule has 0 aromatic rings. The highest BCUT2D eigenvalue weighted by Gasteiger charge is 2.37. The number of aliphatic carboxylic acids is 1. The van der Waals surface area contributed by atoms with Crippen molar-refractivity contribution in [3.05, 3.63) is 0 Å². The van der Waals surface area contributed by atoms with Gasteiger partial charge in [-0.15, -0.1) is 0 Å². The van der Waals surface area contributed by atoms with E-state index in [0.717, 1.165) is 32.1 Å². The molecule has 0 aromatic heterocycles.